The highest BCUT2D eigenvalue weighted by atomic mass is 16.5. The van der Waals surface area contributed by atoms with E-state index in [4.69, 9.17) is 9.47 Å². The molecular formula is C28H36N2O4. The molecule has 4 rings (SSSR count). The van der Waals surface area contributed by atoms with E-state index in [0.717, 1.165) is 36.8 Å². The van der Waals surface area contributed by atoms with Crippen molar-refractivity contribution >= 4 is 11.8 Å². The molecule has 0 bridgehead atoms. The largest absolute Gasteiger partial charge is 0.493 e. The lowest BCUT2D eigenvalue weighted by Gasteiger charge is -2.31. The molecule has 2 fully saturated rings. The van der Waals surface area contributed by atoms with Crippen LogP contribution in [0.5, 0.6) is 11.5 Å². The Bertz CT molecular complexity index is 985. The van der Waals surface area contributed by atoms with E-state index < -0.39 is 0 Å². The average Bonchev–Trinajstić information content (AvgIpc) is 3.48. The second-order valence-corrected chi connectivity index (χ2v) is 9.70. The third kappa shape index (κ3) is 5.72. The van der Waals surface area contributed by atoms with Crippen LogP contribution >= 0.6 is 0 Å². The lowest BCUT2D eigenvalue weighted by molar-refractivity contribution is -0.140. The Morgan fingerprint density at radius 3 is 2.50 bits per heavy atom. The zero-order chi connectivity index (χ0) is 24.1. The molecule has 0 radical (unpaired) electrons. The van der Waals surface area contributed by atoms with Crippen molar-refractivity contribution in [2.24, 2.45) is 0 Å². The minimum Gasteiger partial charge on any atom is -0.493 e. The van der Waals surface area contributed by atoms with Gasteiger partial charge < -0.3 is 19.3 Å². The van der Waals surface area contributed by atoms with Gasteiger partial charge in [0.25, 0.3) is 0 Å². The van der Waals surface area contributed by atoms with Gasteiger partial charge in [-0.2, -0.15) is 0 Å². The van der Waals surface area contributed by atoms with Gasteiger partial charge in [0.1, 0.15) is 0 Å². The Morgan fingerprint density at radius 2 is 1.82 bits per heavy atom. The number of nitrogens with zero attached hydrogens (tertiary/aromatic N) is 2. The molecule has 0 unspecified atom stereocenters. The Labute approximate surface area is 202 Å². The quantitative estimate of drug-likeness (QED) is 0.536. The number of rotatable bonds is 9. The lowest BCUT2D eigenvalue weighted by atomic mass is 9.99. The number of carbonyl (C=O) groups is 2. The van der Waals surface area contributed by atoms with E-state index in [9.17, 15) is 9.59 Å². The summed E-state index contributed by atoms with van der Waals surface area (Å²) in [7, 11) is 1.63. The Balaban J connectivity index is 1.48. The number of hydrogen-bond donors (Lipinski definition) is 0. The molecule has 2 amide bonds. The van der Waals surface area contributed by atoms with Crippen molar-refractivity contribution in [3.8, 4) is 11.5 Å². The molecule has 34 heavy (non-hydrogen) atoms. The van der Waals surface area contributed by atoms with Crippen molar-refractivity contribution in [1.82, 2.24) is 9.80 Å². The van der Waals surface area contributed by atoms with Gasteiger partial charge in [-0.05, 0) is 49.9 Å². The van der Waals surface area contributed by atoms with Gasteiger partial charge in [0, 0.05) is 31.5 Å². The Hall–Kier alpha value is -3.02. The molecule has 1 saturated carbocycles. The van der Waals surface area contributed by atoms with E-state index in [1.807, 2.05) is 55.1 Å². The molecular weight excluding hydrogens is 428 g/mol. The molecule has 6 nitrogen and oxygen atoms in total. The molecule has 2 aromatic carbocycles. The fourth-order valence-electron chi connectivity index (χ4n) is 5.13. The van der Waals surface area contributed by atoms with Crippen molar-refractivity contribution in [2.75, 3.05) is 20.2 Å². The summed E-state index contributed by atoms with van der Waals surface area (Å²) < 4.78 is 11.4. The highest BCUT2D eigenvalue weighted by Gasteiger charge is 2.34. The third-order valence-corrected chi connectivity index (χ3v) is 6.84. The summed E-state index contributed by atoms with van der Waals surface area (Å²) in [6, 6.07) is 16.2. The summed E-state index contributed by atoms with van der Waals surface area (Å²) >= 11 is 0. The van der Waals surface area contributed by atoms with Gasteiger partial charge in [0.2, 0.25) is 11.8 Å². The molecule has 1 aliphatic carbocycles. The predicted molar refractivity (Wildman–Crippen MR) is 132 cm³/mol. The molecule has 0 aromatic heterocycles. The number of likely N-dealkylation sites (tertiary alicyclic amines) is 1. The first-order valence-corrected chi connectivity index (χ1v) is 12.4. The summed E-state index contributed by atoms with van der Waals surface area (Å²) in [6.07, 6.45) is 4.79. The summed E-state index contributed by atoms with van der Waals surface area (Å²) in [6.45, 7) is 5.21. The first-order chi connectivity index (χ1) is 16.4. The van der Waals surface area contributed by atoms with Crippen LogP contribution in [0, 0.1) is 0 Å². The van der Waals surface area contributed by atoms with Crippen LogP contribution in [0.15, 0.2) is 48.5 Å². The van der Waals surface area contributed by atoms with E-state index in [1.54, 1.807) is 12.0 Å². The highest BCUT2D eigenvalue weighted by Crippen LogP contribution is 2.32. The van der Waals surface area contributed by atoms with Crippen LogP contribution in [0.3, 0.4) is 0 Å². The first-order valence-electron chi connectivity index (χ1n) is 12.4. The van der Waals surface area contributed by atoms with Gasteiger partial charge in [-0.25, -0.2) is 0 Å². The van der Waals surface area contributed by atoms with Gasteiger partial charge in [-0.1, -0.05) is 49.2 Å². The molecule has 0 N–H and O–H groups in total. The number of hydrogen-bond acceptors (Lipinski definition) is 4. The normalized spacial score (nSPS) is 18.5. The van der Waals surface area contributed by atoms with Crippen LogP contribution in [-0.4, -0.2) is 54.0 Å². The zero-order valence-corrected chi connectivity index (χ0v) is 20.5. The van der Waals surface area contributed by atoms with Gasteiger partial charge >= 0.3 is 0 Å². The molecule has 2 aliphatic rings. The van der Waals surface area contributed by atoms with Gasteiger partial charge in [0.15, 0.2) is 11.5 Å². The van der Waals surface area contributed by atoms with Gasteiger partial charge in [-0.3, -0.25) is 9.59 Å². The number of benzene rings is 2. The van der Waals surface area contributed by atoms with Crippen molar-refractivity contribution in [1.29, 1.82) is 0 Å². The maximum absolute atomic E-state index is 13.5. The van der Waals surface area contributed by atoms with Gasteiger partial charge in [0.05, 0.1) is 19.8 Å². The number of carbonyl (C=O) groups excluding carboxylic acids is 2. The summed E-state index contributed by atoms with van der Waals surface area (Å²) in [5.41, 5.74) is 2.17. The molecule has 1 heterocycles. The van der Waals surface area contributed by atoms with E-state index in [1.165, 1.54) is 0 Å². The van der Waals surface area contributed by atoms with Crippen molar-refractivity contribution in [3.63, 3.8) is 0 Å². The minimum absolute atomic E-state index is 0.0236. The van der Waals surface area contributed by atoms with E-state index in [0.29, 0.717) is 31.0 Å². The molecule has 1 atom stereocenters. The molecule has 0 spiro atoms. The topological polar surface area (TPSA) is 59.1 Å². The summed E-state index contributed by atoms with van der Waals surface area (Å²) in [4.78, 5) is 30.0. The Kier molecular flexibility index (Phi) is 7.76. The third-order valence-electron chi connectivity index (χ3n) is 6.84. The number of amides is 2. The summed E-state index contributed by atoms with van der Waals surface area (Å²) in [5.74, 6) is 1.61. The van der Waals surface area contributed by atoms with Crippen LogP contribution in [0.1, 0.15) is 63.0 Å². The van der Waals surface area contributed by atoms with Crippen LogP contribution in [-0.2, 0) is 16.1 Å². The maximum atomic E-state index is 13.5. The maximum Gasteiger partial charge on any atom is 0.242 e. The van der Waals surface area contributed by atoms with Crippen LogP contribution in [0.25, 0.3) is 0 Å². The van der Waals surface area contributed by atoms with Gasteiger partial charge in [-0.15, -0.1) is 0 Å². The SMILES string of the molecule is COc1ccc(CN(C(=O)CN2C[C@H](c3ccccc3)CC2=O)C2CCCC2)cc1OC(C)C. The summed E-state index contributed by atoms with van der Waals surface area (Å²) in [5, 5.41) is 0. The number of ether oxygens (including phenoxy) is 2. The van der Waals surface area contributed by atoms with Crippen molar-refractivity contribution in [2.45, 2.75) is 70.6 Å². The minimum atomic E-state index is 0.0236. The zero-order valence-electron chi connectivity index (χ0n) is 20.5. The highest BCUT2D eigenvalue weighted by molar-refractivity contribution is 5.87. The molecule has 1 aliphatic heterocycles. The fraction of sp³-hybridized carbons (Fsp3) is 0.500. The second-order valence-electron chi connectivity index (χ2n) is 9.70. The van der Waals surface area contributed by atoms with Crippen LogP contribution in [0.2, 0.25) is 0 Å². The second kappa shape index (κ2) is 10.9. The standard InChI is InChI=1S/C28H36N2O4/c1-20(2)34-26-15-21(13-14-25(26)33-3)17-30(24-11-7-8-12-24)28(32)19-29-18-23(16-27(29)31)22-9-5-4-6-10-22/h4-6,9-10,13-15,20,23-24H,7-8,11-12,16-19H2,1-3H3/t23-/m1/s1. The van der Waals surface area contributed by atoms with Crippen LogP contribution in [0.4, 0.5) is 0 Å². The molecule has 1 saturated heterocycles. The average molecular weight is 465 g/mol. The molecule has 6 heteroatoms. The lowest BCUT2D eigenvalue weighted by Crippen LogP contribution is -2.44. The van der Waals surface area contributed by atoms with E-state index >= 15 is 0 Å². The number of methoxy groups -OCH3 is 1. The first kappa shape index (κ1) is 24.1. The molecule has 2 aromatic rings. The monoisotopic (exact) mass is 464 g/mol. The van der Waals surface area contributed by atoms with Crippen molar-refractivity contribution in [3.05, 3.63) is 59.7 Å². The van der Waals surface area contributed by atoms with Crippen LogP contribution < -0.4 is 9.47 Å². The van der Waals surface area contributed by atoms with E-state index in [-0.39, 0.29) is 36.4 Å². The fourth-order valence-corrected chi connectivity index (χ4v) is 5.13. The smallest absolute Gasteiger partial charge is 0.242 e. The van der Waals surface area contributed by atoms with Crippen molar-refractivity contribution < 1.29 is 19.1 Å². The Morgan fingerprint density at radius 1 is 1.09 bits per heavy atom. The molecule has 182 valence electrons. The predicted octanol–water partition coefficient (Wildman–Crippen LogP) is 4.77. The van der Waals surface area contributed by atoms with E-state index in [2.05, 4.69) is 12.1 Å².